The Hall–Kier alpha value is -1.35. The van der Waals surface area contributed by atoms with Crippen LogP contribution in [0.3, 0.4) is 0 Å². The van der Waals surface area contributed by atoms with E-state index in [9.17, 15) is 0 Å². The van der Waals surface area contributed by atoms with Crippen molar-refractivity contribution < 1.29 is 0 Å². The maximum Gasteiger partial charge on any atom is 0.0650 e. The number of aromatic amines is 1. The number of hydrogen-bond acceptors (Lipinski definition) is 2. The molecule has 0 amide bonds. The fourth-order valence-corrected chi connectivity index (χ4v) is 5.92. The van der Waals surface area contributed by atoms with Crippen LogP contribution >= 0.6 is 0 Å². The topological polar surface area (TPSA) is 31.9 Å². The Labute approximate surface area is 144 Å². The van der Waals surface area contributed by atoms with E-state index in [2.05, 4.69) is 33.3 Å². The molecule has 2 unspecified atom stereocenters. The molecule has 0 radical (unpaired) electrons. The molecule has 2 aromatic rings. The lowest BCUT2D eigenvalue weighted by atomic mass is 9.83. The number of piperidine rings is 1. The zero-order valence-electron chi connectivity index (χ0n) is 14.6. The number of nitrogens with one attached hydrogen (secondary N) is 1. The molecule has 128 valence electrons. The fourth-order valence-electron chi connectivity index (χ4n) is 5.92. The maximum absolute atomic E-state index is 4.15. The molecule has 1 N–H and O–H groups in total. The van der Waals surface area contributed by atoms with Gasteiger partial charge in [-0.1, -0.05) is 25.3 Å². The summed E-state index contributed by atoms with van der Waals surface area (Å²) >= 11 is 0. The zero-order valence-corrected chi connectivity index (χ0v) is 14.6. The predicted molar refractivity (Wildman–Crippen MR) is 98.0 cm³/mol. The van der Waals surface area contributed by atoms with Crippen molar-refractivity contribution >= 4 is 10.9 Å². The van der Waals surface area contributed by atoms with Gasteiger partial charge in [-0.2, -0.15) is 5.10 Å². The van der Waals surface area contributed by atoms with Gasteiger partial charge in [0, 0.05) is 23.5 Å². The largest absolute Gasteiger partial charge is 0.294 e. The van der Waals surface area contributed by atoms with E-state index in [1.54, 1.807) is 0 Å². The summed E-state index contributed by atoms with van der Waals surface area (Å²) in [6.45, 7) is 0. The number of aromatic nitrogens is 2. The first-order chi connectivity index (χ1) is 11.9. The normalized spacial score (nSPS) is 31.8. The van der Waals surface area contributed by atoms with E-state index < -0.39 is 0 Å². The van der Waals surface area contributed by atoms with Gasteiger partial charge in [0.1, 0.15) is 0 Å². The molecule has 2 bridgehead atoms. The summed E-state index contributed by atoms with van der Waals surface area (Å²) in [6, 6.07) is 9.52. The molecule has 24 heavy (non-hydrogen) atoms. The molecular formula is C21H29N3. The van der Waals surface area contributed by atoms with Crippen LogP contribution in [0.2, 0.25) is 0 Å². The first-order valence-corrected chi connectivity index (χ1v) is 10.1. The highest BCUT2D eigenvalue weighted by molar-refractivity contribution is 5.78. The van der Waals surface area contributed by atoms with Gasteiger partial charge in [0.25, 0.3) is 0 Å². The number of fused-ring (bicyclic) bond motifs is 3. The van der Waals surface area contributed by atoms with Crippen molar-refractivity contribution in [2.24, 2.45) is 5.92 Å². The van der Waals surface area contributed by atoms with Gasteiger partial charge in [-0.05, 0) is 68.6 Å². The average Bonchev–Trinajstić information content (AvgIpc) is 3.18. The molecular weight excluding hydrogens is 294 g/mol. The quantitative estimate of drug-likeness (QED) is 0.889. The lowest BCUT2D eigenvalue weighted by Crippen LogP contribution is -2.49. The van der Waals surface area contributed by atoms with E-state index in [1.165, 1.54) is 75.2 Å². The highest BCUT2D eigenvalue weighted by Gasteiger charge is 2.43. The molecule has 3 heteroatoms. The second-order valence-corrected chi connectivity index (χ2v) is 8.46. The Kier molecular flexibility index (Phi) is 3.85. The molecule has 3 nitrogen and oxygen atoms in total. The van der Waals surface area contributed by atoms with Crippen LogP contribution in [0.15, 0.2) is 24.4 Å². The van der Waals surface area contributed by atoms with Crippen molar-refractivity contribution in [3.63, 3.8) is 0 Å². The van der Waals surface area contributed by atoms with E-state index in [1.807, 2.05) is 6.20 Å². The molecule has 1 aliphatic carbocycles. The van der Waals surface area contributed by atoms with E-state index >= 15 is 0 Å². The number of H-pyrrole nitrogens is 1. The van der Waals surface area contributed by atoms with Crippen molar-refractivity contribution in [2.75, 3.05) is 0 Å². The number of rotatable bonds is 3. The van der Waals surface area contributed by atoms with Crippen LogP contribution in [-0.4, -0.2) is 33.2 Å². The van der Waals surface area contributed by atoms with E-state index in [0.29, 0.717) is 0 Å². The SMILES string of the molecule is c1cc2[nH]ncc2cc1CC1CC2CCC(C1)N2C1CCCCC1. The first-order valence-electron chi connectivity index (χ1n) is 10.1. The second-order valence-electron chi connectivity index (χ2n) is 8.46. The van der Waals surface area contributed by atoms with Crippen molar-refractivity contribution in [1.82, 2.24) is 15.1 Å². The van der Waals surface area contributed by atoms with E-state index in [-0.39, 0.29) is 0 Å². The molecule has 2 aliphatic heterocycles. The number of benzene rings is 1. The van der Waals surface area contributed by atoms with Crippen LogP contribution in [0.5, 0.6) is 0 Å². The molecule has 1 aromatic heterocycles. The number of nitrogens with zero attached hydrogens (tertiary/aromatic N) is 2. The number of hydrogen-bond donors (Lipinski definition) is 1. The highest BCUT2D eigenvalue weighted by Crippen LogP contribution is 2.43. The maximum atomic E-state index is 4.15. The minimum Gasteiger partial charge on any atom is -0.294 e. The third kappa shape index (κ3) is 2.67. The summed E-state index contributed by atoms with van der Waals surface area (Å²) in [6.07, 6.45) is 16.3. The molecule has 2 saturated heterocycles. The predicted octanol–water partition coefficient (Wildman–Crippen LogP) is 4.68. The van der Waals surface area contributed by atoms with Gasteiger partial charge in [0.05, 0.1) is 11.7 Å². The average molecular weight is 323 g/mol. The molecule has 1 aromatic carbocycles. The smallest absolute Gasteiger partial charge is 0.0650 e. The third-order valence-corrected chi connectivity index (χ3v) is 6.91. The molecule has 5 rings (SSSR count). The molecule has 3 aliphatic rings. The summed E-state index contributed by atoms with van der Waals surface area (Å²) in [5.74, 6) is 0.881. The Morgan fingerprint density at radius 1 is 0.958 bits per heavy atom. The summed E-state index contributed by atoms with van der Waals surface area (Å²) in [4.78, 5) is 2.98. The van der Waals surface area contributed by atoms with Crippen molar-refractivity contribution in [1.29, 1.82) is 0 Å². The van der Waals surface area contributed by atoms with Gasteiger partial charge in [0.2, 0.25) is 0 Å². The Balaban J connectivity index is 1.28. The van der Waals surface area contributed by atoms with E-state index in [0.717, 1.165) is 29.6 Å². The van der Waals surface area contributed by atoms with Gasteiger partial charge in [-0.25, -0.2) is 0 Å². The van der Waals surface area contributed by atoms with Crippen LogP contribution in [0, 0.1) is 5.92 Å². The first kappa shape index (κ1) is 14.9. The van der Waals surface area contributed by atoms with Crippen LogP contribution < -0.4 is 0 Å². The monoisotopic (exact) mass is 323 g/mol. The minimum absolute atomic E-state index is 0.881. The summed E-state index contributed by atoms with van der Waals surface area (Å²) in [7, 11) is 0. The fraction of sp³-hybridized carbons (Fsp3) is 0.667. The van der Waals surface area contributed by atoms with E-state index in [4.69, 9.17) is 0 Å². The molecule has 3 heterocycles. The molecule has 1 saturated carbocycles. The Bertz CT molecular complexity index is 686. The second kappa shape index (κ2) is 6.18. The molecule has 2 atom stereocenters. The zero-order chi connectivity index (χ0) is 15.9. The van der Waals surface area contributed by atoms with Gasteiger partial charge >= 0.3 is 0 Å². The highest BCUT2D eigenvalue weighted by atomic mass is 15.2. The van der Waals surface area contributed by atoms with Gasteiger partial charge in [-0.15, -0.1) is 0 Å². The lowest BCUT2D eigenvalue weighted by molar-refractivity contribution is 0.0422. The Morgan fingerprint density at radius 3 is 2.54 bits per heavy atom. The van der Waals surface area contributed by atoms with Crippen LogP contribution in [0.4, 0.5) is 0 Å². The van der Waals surface area contributed by atoms with Gasteiger partial charge in [-0.3, -0.25) is 10.00 Å². The standard InChI is InChI=1S/C21H29N3/c1-2-4-18(5-3-1)24-19-7-8-20(24)13-16(12-19)10-15-6-9-21-17(11-15)14-22-23-21/h6,9,11,14,16,18-20H,1-5,7-8,10,12-13H2,(H,22,23). The Morgan fingerprint density at radius 2 is 1.75 bits per heavy atom. The third-order valence-electron chi connectivity index (χ3n) is 6.91. The van der Waals surface area contributed by atoms with Crippen LogP contribution in [0.1, 0.15) is 63.4 Å². The molecule has 0 spiro atoms. The van der Waals surface area contributed by atoms with Gasteiger partial charge < -0.3 is 0 Å². The summed E-state index contributed by atoms with van der Waals surface area (Å²) in [5, 5.41) is 8.47. The van der Waals surface area contributed by atoms with Crippen molar-refractivity contribution in [3.05, 3.63) is 30.0 Å². The van der Waals surface area contributed by atoms with Crippen molar-refractivity contribution in [3.8, 4) is 0 Å². The summed E-state index contributed by atoms with van der Waals surface area (Å²) < 4.78 is 0. The van der Waals surface area contributed by atoms with Crippen LogP contribution in [-0.2, 0) is 6.42 Å². The molecule has 3 fully saturated rings. The van der Waals surface area contributed by atoms with Crippen molar-refractivity contribution in [2.45, 2.75) is 82.3 Å². The minimum atomic E-state index is 0.881. The van der Waals surface area contributed by atoms with Gasteiger partial charge in [0.15, 0.2) is 0 Å². The lowest BCUT2D eigenvalue weighted by Gasteiger charge is -2.45. The van der Waals surface area contributed by atoms with Crippen LogP contribution in [0.25, 0.3) is 10.9 Å². The summed E-state index contributed by atoms with van der Waals surface area (Å²) in [5.41, 5.74) is 2.66.